The van der Waals surface area contributed by atoms with Gasteiger partial charge in [-0.2, -0.15) is 0 Å². The van der Waals surface area contributed by atoms with Gasteiger partial charge in [0.25, 0.3) is 5.91 Å². The highest BCUT2D eigenvalue weighted by atomic mass is 32.2. The van der Waals surface area contributed by atoms with Crippen molar-refractivity contribution in [3.8, 4) is 0 Å². The first-order chi connectivity index (χ1) is 12.3. The van der Waals surface area contributed by atoms with Gasteiger partial charge in [-0.1, -0.05) is 12.1 Å². The van der Waals surface area contributed by atoms with Crippen molar-refractivity contribution in [3.63, 3.8) is 0 Å². The third-order valence-corrected chi connectivity index (χ3v) is 5.00. The summed E-state index contributed by atoms with van der Waals surface area (Å²) in [6.07, 6.45) is 1.87. The zero-order valence-electron chi connectivity index (χ0n) is 13.9. The number of sulfonamides is 1. The first kappa shape index (κ1) is 18.1. The normalized spacial score (nSPS) is 13.9. The fraction of sp³-hybridized carbons (Fsp3) is 0.222. The molecule has 26 heavy (non-hydrogen) atoms. The molecule has 7 nitrogen and oxygen atoms in total. The molecule has 2 aromatic carbocycles. The number of rotatable bonds is 6. The van der Waals surface area contributed by atoms with Crippen LogP contribution in [0.4, 0.5) is 5.69 Å². The van der Waals surface area contributed by atoms with Crippen molar-refractivity contribution in [1.29, 1.82) is 0 Å². The smallest absolute Gasteiger partial charge is 0.251 e. The van der Waals surface area contributed by atoms with Gasteiger partial charge in [0.15, 0.2) is 0 Å². The number of hydrogen-bond donors (Lipinski definition) is 3. The Morgan fingerprint density at radius 3 is 2.15 bits per heavy atom. The third-order valence-electron chi connectivity index (χ3n) is 4.07. The van der Waals surface area contributed by atoms with Crippen LogP contribution in [0.15, 0.2) is 53.4 Å². The van der Waals surface area contributed by atoms with Crippen LogP contribution in [0.25, 0.3) is 0 Å². The standard InChI is InChI=1S/C18H19N3O4S/c19-26(24,25)16-9-1-12(2-10-16)11-20-17(22)13-5-7-15(8-6-13)21-18(23)14-3-4-14/h1-2,5-10,14H,3-4,11H2,(H,20,22)(H,21,23)(H2,19,24,25). The molecule has 1 aliphatic rings. The highest BCUT2D eigenvalue weighted by Gasteiger charge is 2.29. The van der Waals surface area contributed by atoms with Crippen molar-refractivity contribution in [2.24, 2.45) is 11.1 Å². The number of nitrogens with one attached hydrogen (secondary N) is 2. The fourth-order valence-electron chi connectivity index (χ4n) is 2.38. The Morgan fingerprint density at radius 1 is 1.00 bits per heavy atom. The van der Waals surface area contributed by atoms with Gasteiger partial charge in [-0.3, -0.25) is 9.59 Å². The average molecular weight is 373 g/mol. The minimum atomic E-state index is -3.73. The van der Waals surface area contributed by atoms with E-state index in [0.29, 0.717) is 11.3 Å². The third kappa shape index (κ3) is 4.68. The second-order valence-electron chi connectivity index (χ2n) is 6.21. The van der Waals surface area contributed by atoms with Crippen molar-refractivity contribution < 1.29 is 18.0 Å². The van der Waals surface area contributed by atoms with Crippen LogP contribution in [0.5, 0.6) is 0 Å². The van der Waals surface area contributed by atoms with Gasteiger partial charge in [0.05, 0.1) is 4.90 Å². The van der Waals surface area contributed by atoms with Gasteiger partial charge in [-0.05, 0) is 54.8 Å². The SMILES string of the molecule is NS(=O)(=O)c1ccc(CNC(=O)c2ccc(NC(=O)C3CC3)cc2)cc1. The van der Waals surface area contributed by atoms with E-state index < -0.39 is 10.0 Å². The molecule has 0 radical (unpaired) electrons. The zero-order chi connectivity index (χ0) is 18.7. The summed E-state index contributed by atoms with van der Waals surface area (Å²) in [5.74, 6) is -0.121. The summed E-state index contributed by atoms with van der Waals surface area (Å²) in [4.78, 5) is 23.9. The average Bonchev–Trinajstić information content (AvgIpc) is 3.45. The van der Waals surface area contributed by atoms with Crippen molar-refractivity contribution in [3.05, 3.63) is 59.7 Å². The Morgan fingerprint density at radius 2 is 1.62 bits per heavy atom. The van der Waals surface area contributed by atoms with Gasteiger partial charge < -0.3 is 10.6 Å². The van der Waals surface area contributed by atoms with E-state index in [1.165, 1.54) is 12.1 Å². The Hall–Kier alpha value is -2.71. The second-order valence-corrected chi connectivity index (χ2v) is 7.77. The van der Waals surface area contributed by atoms with Crippen LogP contribution in [0.1, 0.15) is 28.8 Å². The molecule has 8 heteroatoms. The maximum Gasteiger partial charge on any atom is 0.251 e. The first-order valence-corrected chi connectivity index (χ1v) is 9.68. The molecule has 0 atom stereocenters. The highest BCUT2D eigenvalue weighted by molar-refractivity contribution is 7.89. The molecule has 0 heterocycles. The Bertz CT molecular complexity index is 918. The monoisotopic (exact) mass is 373 g/mol. The molecular weight excluding hydrogens is 354 g/mol. The molecule has 1 fully saturated rings. The first-order valence-electron chi connectivity index (χ1n) is 8.14. The van der Waals surface area contributed by atoms with E-state index in [1.54, 1.807) is 36.4 Å². The zero-order valence-corrected chi connectivity index (χ0v) is 14.8. The van der Waals surface area contributed by atoms with Crippen molar-refractivity contribution in [2.45, 2.75) is 24.3 Å². The number of hydrogen-bond acceptors (Lipinski definition) is 4. The number of nitrogens with two attached hydrogens (primary N) is 1. The van der Waals surface area contributed by atoms with E-state index in [1.807, 2.05) is 0 Å². The van der Waals surface area contributed by atoms with E-state index in [4.69, 9.17) is 5.14 Å². The number of benzene rings is 2. The van der Waals surface area contributed by atoms with Gasteiger partial charge in [0.1, 0.15) is 0 Å². The Labute approximate surface area is 151 Å². The number of carbonyl (C=O) groups is 2. The Kier molecular flexibility index (Phi) is 5.06. The molecular formula is C18H19N3O4S. The minimum Gasteiger partial charge on any atom is -0.348 e. The van der Waals surface area contributed by atoms with Gasteiger partial charge in [-0.15, -0.1) is 0 Å². The summed E-state index contributed by atoms with van der Waals surface area (Å²) >= 11 is 0. The van der Waals surface area contributed by atoms with Gasteiger partial charge in [-0.25, -0.2) is 13.6 Å². The predicted molar refractivity (Wildman–Crippen MR) is 96.8 cm³/mol. The minimum absolute atomic E-state index is 0.0186. The largest absolute Gasteiger partial charge is 0.348 e. The van der Waals surface area contributed by atoms with E-state index in [0.717, 1.165) is 18.4 Å². The van der Waals surface area contributed by atoms with Crippen LogP contribution < -0.4 is 15.8 Å². The molecule has 0 spiro atoms. The van der Waals surface area contributed by atoms with E-state index in [-0.39, 0.29) is 29.2 Å². The molecule has 0 saturated heterocycles. The lowest BCUT2D eigenvalue weighted by Gasteiger charge is -2.08. The fourth-order valence-corrected chi connectivity index (χ4v) is 2.89. The number of amides is 2. The highest BCUT2D eigenvalue weighted by Crippen LogP contribution is 2.30. The van der Waals surface area contributed by atoms with Crippen molar-refractivity contribution in [2.75, 3.05) is 5.32 Å². The van der Waals surface area contributed by atoms with Crippen molar-refractivity contribution in [1.82, 2.24) is 5.32 Å². The molecule has 2 aromatic rings. The summed E-state index contributed by atoms with van der Waals surface area (Å²) in [6, 6.07) is 12.6. The predicted octanol–water partition coefficient (Wildman–Crippen LogP) is 1.61. The van der Waals surface area contributed by atoms with Gasteiger partial charge >= 0.3 is 0 Å². The van der Waals surface area contributed by atoms with Crippen LogP contribution in [0.2, 0.25) is 0 Å². The van der Waals surface area contributed by atoms with Crippen LogP contribution in [-0.4, -0.2) is 20.2 Å². The summed E-state index contributed by atoms with van der Waals surface area (Å²) in [5, 5.41) is 10.6. The molecule has 3 rings (SSSR count). The molecule has 0 aliphatic heterocycles. The number of carbonyl (C=O) groups excluding carboxylic acids is 2. The lowest BCUT2D eigenvalue weighted by atomic mass is 10.1. The maximum absolute atomic E-state index is 12.2. The molecule has 4 N–H and O–H groups in total. The summed E-state index contributed by atoms with van der Waals surface area (Å²) in [7, 11) is -3.73. The van der Waals surface area contributed by atoms with Crippen LogP contribution in [0.3, 0.4) is 0 Å². The van der Waals surface area contributed by atoms with E-state index in [9.17, 15) is 18.0 Å². The van der Waals surface area contributed by atoms with Crippen LogP contribution in [0, 0.1) is 5.92 Å². The quantitative estimate of drug-likeness (QED) is 0.713. The van der Waals surface area contributed by atoms with E-state index in [2.05, 4.69) is 10.6 Å². The van der Waals surface area contributed by atoms with Gasteiger partial charge in [0.2, 0.25) is 15.9 Å². The van der Waals surface area contributed by atoms with Gasteiger partial charge in [0, 0.05) is 23.7 Å². The van der Waals surface area contributed by atoms with E-state index >= 15 is 0 Å². The van der Waals surface area contributed by atoms with Crippen LogP contribution >= 0.6 is 0 Å². The molecule has 0 aromatic heterocycles. The number of primary sulfonamides is 1. The Balaban J connectivity index is 1.55. The molecule has 1 aliphatic carbocycles. The lowest BCUT2D eigenvalue weighted by molar-refractivity contribution is -0.117. The topological polar surface area (TPSA) is 118 Å². The second kappa shape index (κ2) is 7.27. The number of anilines is 1. The summed E-state index contributed by atoms with van der Waals surface area (Å²) in [6.45, 7) is 0.254. The summed E-state index contributed by atoms with van der Waals surface area (Å²) in [5.41, 5.74) is 1.88. The lowest BCUT2D eigenvalue weighted by Crippen LogP contribution is -2.23. The molecule has 0 unspecified atom stereocenters. The molecule has 2 amide bonds. The van der Waals surface area contributed by atoms with Crippen molar-refractivity contribution >= 4 is 27.5 Å². The molecule has 136 valence electrons. The molecule has 1 saturated carbocycles. The maximum atomic E-state index is 12.2. The molecule has 0 bridgehead atoms. The summed E-state index contributed by atoms with van der Waals surface area (Å²) < 4.78 is 22.4. The van der Waals surface area contributed by atoms with Crippen LogP contribution in [-0.2, 0) is 21.4 Å².